The van der Waals surface area contributed by atoms with E-state index >= 15 is 0 Å². The molecule has 2 heterocycles. The Morgan fingerprint density at radius 1 is 1.44 bits per heavy atom. The van der Waals surface area contributed by atoms with E-state index < -0.39 is 0 Å². The van der Waals surface area contributed by atoms with Gasteiger partial charge in [-0.15, -0.1) is 0 Å². The highest BCUT2D eigenvalue weighted by atomic mass is 16.5. The average Bonchev–Trinajstić information content (AvgIpc) is 2.77. The van der Waals surface area contributed by atoms with Crippen LogP contribution in [0.1, 0.15) is 32.0 Å². The summed E-state index contributed by atoms with van der Waals surface area (Å²) in [5, 5.41) is 3.90. The standard InChI is InChI=1S/C11H19N3O2/c1-3-9-7-14(5-6-15-9)8-11-12-10(4-2)13-16-11/h9H,3-8H2,1-2H3/t9-/m1/s1. The first-order valence-electron chi connectivity index (χ1n) is 5.97. The lowest BCUT2D eigenvalue weighted by molar-refractivity contribution is -0.0350. The maximum Gasteiger partial charge on any atom is 0.240 e. The lowest BCUT2D eigenvalue weighted by Crippen LogP contribution is -2.41. The summed E-state index contributed by atoms with van der Waals surface area (Å²) < 4.78 is 10.8. The van der Waals surface area contributed by atoms with Crippen molar-refractivity contribution in [2.24, 2.45) is 0 Å². The average molecular weight is 225 g/mol. The second-order valence-electron chi connectivity index (χ2n) is 4.09. The molecule has 1 aliphatic heterocycles. The molecule has 90 valence electrons. The van der Waals surface area contributed by atoms with E-state index in [1.165, 1.54) is 0 Å². The van der Waals surface area contributed by atoms with Gasteiger partial charge in [0, 0.05) is 19.5 Å². The minimum atomic E-state index is 0.349. The zero-order chi connectivity index (χ0) is 11.4. The molecule has 1 fully saturated rings. The summed E-state index contributed by atoms with van der Waals surface area (Å²) in [5.41, 5.74) is 0. The highest BCUT2D eigenvalue weighted by molar-refractivity contribution is 4.86. The second kappa shape index (κ2) is 5.41. The van der Waals surface area contributed by atoms with Crippen LogP contribution in [-0.4, -0.2) is 40.8 Å². The van der Waals surface area contributed by atoms with Crippen LogP contribution in [0, 0.1) is 0 Å². The quantitative estimate of drug-likeness (QED) is 0.771. The Morgan fingerprint density at radius 2 is 2.31 bits per heavy atom. The maximum absolute atomic E-state index is 5.61. The Morgan fingerprint density at radius 3 is 3.00 bits per heavy atom. The van der Waals surface area contributed by atoms with Crippen LogP contribution in [0.4, 0.5) is 0 Å². The van der Waals surface area contributed by atoms with Crippen LogP contribution in [0.5, 0.6) is 0 Å². The molecule has 16 heavy (non-hydrogen) atoms. The van der Waals surface area contributed by atoms with Gasteiger partial charge in [0.1, 0.15) is 0 Å². The number of aryl methyl sites for hydroxylation is 1. The molecule has 0 aliphatic carbocycles. The number of hydrogen-bond donors (Lipinski definition) is 0. The molecule has 1 atom stereocenters. The van der Waals surface area contributed by atoms with E-state index in [9.17, 15) is 0 Å². The first-order valence-corrected chi connectivity index (χ1v) is 5.97. The van der Waals surface area contributed by atoms with Crippen molar-refractivity contribution in [2.45, 2.75) is 39.3 Å². The van der Waals surface area contributed by atoms with Crippen LogP contribution in [0.2, 0.25) is 0 Å². The molecule has 1 aromatic heterocycles. The van der Waals surface area contributed by atoms with Crippen molar-refractivity contribution < 1.29 is 9.26 Å². The van der Waals surface area contributed by atoms with Crippen molar-refractivity contribution in [3.05, 3.63) is 11.7 Å². The fourth-order valence-electron chi connectivity index (χ4n) is 1.86. The third-order valence-electron chi connectivity index (χ3n) is 2.86. The van der Waals surface area contributed by atoms with Gasteiger partial charge in [-0.25, -0.2) is 0 Å². The molecule has 0 unspecified atom stereocenters. The summed E-state index contributed by atoms with van der Waals surface area (Å²) in [6, 6.07) is 0. The van der Waals surface area contributed by atoms with Gasteiger partial charge in [0.15, 0.2) is 5.82 Å². The van der Waals surface area contributed by atoms with Gasteiger partial charge in [0.05, 0.1) is 19.3 Å². The van der Waals surface area contributed by atoms with Gasteiger partial charge in [0.25, 0.3) is 0 Å². The van der Waals surface area contributed by atoms with Crippen LogP contribution in [-0.2, 0) is 17.7 Å². The molecular weight excluding hydrogens is 206 g/mol. The largest absolute Gasteiger partial charge is 0.376 e. The minimum Gasteiger partial charge on any atom is -0.376 e. The fourth-order valence-corrected chi connectivity index (χ4v) is 1.86. The number of hydrogen-bond acceptors (Lipinski definition) is 5. The molecule has 1 aromatic rings. The van der Waals surface area contributed by atoms with Gasteiger partial charge >= 0.3 is 0 Å². The Balaban J connectivity index is 1.88. The predicted molar refractivity (Wildman–Crippen MR) is 59.0 cm³/mol. The highest BCUT2D eigenvalue weighted by Crippen LogP contribution is 2.11. The SMILES string of the molecule is CCc1noc(CN2CCO[C@H](CC)C2)n1. The van der Waals surface area contributed by atoms with Gasteiger partial charge in [-0.1, -0.05) is 19.0 Å². The van der Waals surface area contributed by atoms with Gasteiger partial charge in [-0.3, -0.25) is 4.90 Å². The molecule has 5 nitrogen and oxygen atoms in total. The Kier molecular flexibility index (Phi) is 3.90. The lowest BCUT2D eigenvalue weighted by atomic mass is 10.2. The van der Waals surface area contributed by atoms with E-state index in [2.05, 4.69) is 22.0 Å². The first-order chi connectivity index (χ1) is 7.81. The Labute approximate surface area is 95.8 Å². The zero-order valence-corrected chi connectivity index (χ0v) is 9.98. The molecule has 5 heteroatoms. The molecule has 0 aromatic carbocycles. The second-order valence-corrected chi connectivity index (χ2v) is 4.09. The number of rotatable bonds is 4. The number of aromatic nitrogens is 2. The summed E-state index contributed by atoms with van der Waals surface area (Å²) in [4.78, 5) is 6.62. The normalized spacial score (nSPS) is 22.5. The van der Waals surface area contributed by atoms with Crippen molar-refractivity contribution in [3.63, 3.8) is 0 Å². The molecule has 0 amide bonds. The van der Waals surface area contributed by atoms with Crippen molar-refractivity contribution in [2.75, 3.05) is 19.7 Å². The molecular formula is C11H19N3O2. The third-order valence-corrected chi connectivity index (χ3v) is 2.86. The smallest absolute Gasteiger partial charge is 0.240 e. The number of ether oxygens (including phenoxy) is 1. The molecule has 1 aliphatic rings. The summed E-state index contributed by atoms with van der Waals surface area (Å²) in [7, 11) is 0. The van der Waals surface area contributed by atoms with Crippen LogP contribution in [0.3, 0.4) is 0 Å². The van der Waals surface area contributed by atoms with E-state index in [1.54, 1.807) is 0 Å². The maximum atomic E-state index is 5.61. The van der Waals surface area contributed by atoms with Crippen molar-refractivity contribution in [1.82, 2.24) is 15.0 Å². The molecule has 0 saturated carbocycles. The van der Waals surface area contributed by atoms with Gasteiger partial charge in [-0.2, -0.15) is 4.98 Å². The van der Waals surface area contributed by atoms with Crippen LogP contribution in [0.15, 0.2) is 4.52 Å². The Bertz CT molecular complexity index is 327. The lowest BCUT2D eigenvalue weighted by Gasteiger charge is -2.31. The first kappa shape index (κ1) is 11.5. The highest BCUT2D eigenvalue weighted by Gasteiger charge is 2.20. The van der Waals surface area contributed by atoms with Gasteiger partial charge in [0.2, 0.25) is 5.89 Å². The zero-order valence-electron chi connectivity index (χ0n) is 9.98. The van der Waals surface area contributed by atoms with Crippen molar-refractivity contribution >= 4 is 0 Å². The third kappa shape index (κ3) is 2.80. The topological polar surface area (TPSA) is 51.4 Å². The number of nitrogens with zero attached hydrogens (tertiary/aromatic N) is 3. The van der Waals surface area contributed by atoms with Gasteiger partial charge in [-0.05, 0) is 6.42 Å². The van der Waals surface area contributed by atoms with Crippen molar-refractivity contribution in [1.29, 1.82) is 0 Å². The van der Waals surface area contributed by atoms with Crippen LogP contribution < -0.4 is 0 Å². The number of morpholine rings is 1. The predicted octanol–water partition coefficient (Wildman–Crippen LogP) is 1.24. The van der Waals surface area contributed by atoms with Crippen LogP contribution in [0.25, 0.3) is 0 Å². The molecule has 0 bridgehead atoms. The fraction of sp³-hybridized carbons (Fsp3) is 0.818. The van der Waals surface area contributed by atoms with E-state index in [0.29, 0.717) is 12.0 Å². The summed E-state index contributed by atoms with van der Waals surface area (Å²) in [6.45, 7) is 7.62. The molecule has 1 saturated heterocycles. The summed E-state index contributed by atoms with van der Waals surface area (Å²) in [5.74, 6) is 1.50. The Hall–Kier alpha value is -0.940. The van der Waals surface area contributed by atoms with Gasteiger partial charge < -0.3 is 9.26 Å². The molecule has 2 rings (SSSR count). The van der Waals surface area contributed by atoms with E-state index in [1.807, 2.05) is 6.92 Å². The molecule has 0 N–H and O–H groups in total. The van der Waals surface area contributed by atoms with E-state index in [4.69, 9.17) is 9.26 Å². The van der Waals surface area contributed by atoms with E-state index in [-0.39, 0.29) is 0 Å². The minimum absolute atomic E-state index is 0.349. The molecule has 0 radical (unpaired) electrons. The monoisotopic (exact) mass is 225 g/mol. The van der Waals surface area contributed by atoms with Crippen LogP contribution >= 0.6 is 0 Å². The summed E-state index contributed by atoms with van der Waals surface area (Å²) >= 11 is 0. The molecule has 0 spiro atoms. The summed E-state index contributed by atoms with van der Waals surface area (Å²) in [6.07, 6.45) is 2.23. The van der Waals surface area contributed by atoms with Crippen molar-refractivity contribution in [3.8, 4) is 0 Å². The van der Waals surface area contributed by atoms with E-state index in [0.717, 1.165) is 44.9 Å².